The van der Waals surface area contributed by atoms with Gasteiger partial charge in [-0.3, -0.25) is 14.2 Å². The number of nitrogens with one attached hydrogen (secondary N) is 1. The van der Waals surface area contributed by atoms with Gasteiger partial charge < -0.3 is 10.1 Å². The minimum Gasteiger partial charge on any atom is -0.497 e. The summed E-state index contributed by atoms with van der Waals surface area (Å²) in [5, 5.41) is 2.98. The first-order valence-corrected chi connectivity index (χ1v) is 12.1. The summed E-state index contributed by atoms with van der Waals surface area (Å²) in [6, 6.07) is 7.24. The predicted molar refractivity (Wildman–Crippen MR) is 136 cm³/mol. The van der Waals surface area contributed by atoms with E-state index in [0.29, 0.717) is 43.6 Å². The summed E-state index contributed by atoms with van der Waals surface area (Å²) in [7, 11) is 1.54. The summed E-state index contributed by atoms with van der Waals surface area (Å²) in [6.07, 6.45) is 6.92. The van der Waals surface area contributed by atoms with E-state index in [1.807, 2.05) is 32.1 Å². The fourth-order valence-electron chi connectivity index (χ4n) is 4.20. The van der Waals surface area contributed by atoms with E-state index in [9.17, 15) is 14.0 Å². The molecule has 1 aliphatic carbocycles. The monoisotopic (exact) mass is 528 g/mol. The molecule has 0 saturated carbocycles. The Morgan fingerprint density at radius 2 is 2.00 bits per heavy atom. The van der Waals surface area contributed by atoms with Gasteiger partial charge in [0.25, 0.3) is 5.91 Å². The number of halogens is 2. The molecule has 180 valence electrons. The molecule has 0 aliphatic heterocycles. The molecule has 1 aromatic carbocycles. The third-order valence-electron chi connectivity index (χ3n) is 6.23. The number of carbonyl (C=O) groups is 2. The molecule has 1 N–H and O–H groups in total. The third kappa shape index (κ3) is 5.95. The van der Waals surface area contributed by atoms with Crippen LogP contribution in [-0.4, -0.2) is 30.0 Å². The normalized spacial score (nSPS) is 15.8. The Kier molecular flexibility index (Phi) is 8.67. The van der Waals surface area contributed by atoms with Crippen molar-refractivity contribution in [3.63, 3.8) is 0 Å². The molecule has 1 amide bonds. The molecule has 34 heavy (non-hydrogen) atoms. The van der Waals surface area contributed by atoms with Crippen LogP contribution in [0, 0.1) is 19.8 Å². The van der Waals surface area contributed by atoms with Crippen molar-refractivity contribution in [2.45, 2.75) is 39.5 Å². The van der Waals surface area contributed by atoms with Crippen LogP contribution in [0.15, 0.2) is 59.1 Å². The summed E-state index contributed by atoms with van der Waals surface area (Å²) in [5.41, 5.74) is 4.10. The SMILES string of the molecule is C=C(/C=C\c1c(C)c(CCNC(=O)C2CC=C(F)CC2)c(C)n1C(=O)c1ccc(Br)cc1)OC. The number of hydrogen-bond acceptors (Lipinski definition) is 3. The van der Waals surface area contributed by atoms with Gasteiger partial charge in [0.05, 0.1) is 18.6 Å². The van der Waals surface area contributed by atoms with E-state index in [1.165, 1.54) is 6.08 Å². The Labute approximate surface area is 208 Å². The van der Waals surface area contributed by atoms with Gasteiger partial charge in [0, 0.05) is 28.2 Å². The number of aromatic nitrogens is 1. The van der Waals surface area contributed by atoms with Crippen LogP contribution in [0.5, 0.6) is 0 Å². The Balaban J connectivity index is 1.85. The molecular formula is C27H30BrFN2O3. The maximum atomic E-state index is 13.4. The number of carbonyl (C=O) groups excluding carboxylic acids is 2. The van der Waals surface area contributed by atoms with Gasteiger partial charge in [-0.05, 0) is 87.1 Å². The molecule has 0 spiro atoms. The molecule has 0 radical (unpaired) electrons. The molecule has 1 unspecified atom stereocenters. The minimum absolute atomic E-state index is 0.0547. The average Bonchev–Trinajstić information content (AvgIpc) is 3.06. The lowest BCUT2D eigenvalue weighted by molar-refractivity contribution is -0.125. The standard InChI is InChI=1S/C27H30BrFN2O3/c1-17(34-4)5-14-25-18(2)24(15-16-30-26(32)20-8-12-23(29)13-9-20)19(3)31(25)27(33)21-6-10-22(28)11-7-21/h5-7,10-12,14,20H,1,8-9,13,15-16H2,2-4H3,(H,30,32)/b14-5-. The zero-order chi connectivity index (χ0) is 24.8. The van der Waals surface area contributed by atoms with E-state index in [0.717, 1.165) is 27.0 Å². The summed E-state index contributed by atoms with van der Waals surface area (Å²) in [4.78, 5) is 26.0. The molecule has 5 nitrogen and oxygen atoms in total. The van der Waals surface area contributed by atoms with Gasteiger partial charge in [-0.15, -0.1) is 0 Å². The van der Waals surface area contributed by atoms with Crippen LogP contribution >= 0.6 is 15.9 Å². The first-order valence-electron chi connectivity index (χ1n) is 11.3. The van der Waals surface area contributed by atoms with Gasteiger partial charge in [-0.25, -0.2) is 4.39 Å². The van der Waals surface area contributed by atoms with Gasteiger partial charge >= 0.3 is 0 Å². The van der Waals surface area contributed by atoms with E-state index in [-0.39, 0.29) is 23.6 Å². The van der Waals surface area contributed by atoms with Crippen molar-refractivity contribution in [3.05, 3.63) is 87.1 Å². The highest BCUT2D eigenvalue weighted by atomic mass is 79.9. The van der Waals surface area contributed by atoms with Crippen LogP contribution in [0.4, 0.5) is 4.39 Å². The maximum Gasteiger partial charge on any atom is 0.262 e. The molecule has 2 aromatic rings. The molecule has 7 heteroatoms. The van der Waals surface area contributed by atoms with Crippen LogP contribution < -0.4 is 5.32 Å². The molecular weight excluding hydrogens is 499 g/mol. The maximum absolute atomic E-state index is 13.4. The number of hydrogen-bond donors (Lipinski definition) is 1. The lowest BCUT2D eigenvalue weighted by Gasteiger charge is -2.18. The quantitative estimate of drug-likeness (QED) is 0.335. The summed E-state index contributed by atoms with van der Waals surface area (Å²) < 4.78 is 21.0. The number of ether oxygens (including phenoxy) is 1. The van der Waals surface area contributed by atoms with Gasteiger partial charge in [0.2, 0.25) is 5.91 Å². The first-order chi connectivity index (χ1) is 16.2. The van der Waals surface area contributed by atoms with E-state index in [1.54, 1.807) is 29.9 Å². The van der Waals surface area contributed by atoms with Crippen molar-refractivity contribution in [1.82, 2.24) is 9.88 Å². The van der Waals surface area contributed by atoms with Gasteiger partial charge in [-0.2, -0.15) is 0 Å². The Morgan fingerprint density at radius 1 is 1.29 bits per heavy atom. The van der Waals surface area contributed by atoms with Crippen LogP contribution in [0.3, 0.4) is 0 Å². The predicted octanol–water partition coefficient (Wildman–Crippen LogP) is 6.04. The number of methoxy groups -OCH3 is 1. The highest BCUT2D eigenvalue weighted by Gasteiger charge is 2.23. The number of nitrogens with zero attached hydrogens (tertiary/aromatic N) is 1. The number of amides is 1. The van der Waals surface area contributed by atoms with E-state index in [2.05, 4.69) is 27.8 Å². The van der Waals surface area contributed by atoms with Crippen LogP contribution in [0.2, 0.25) is 0 Å². The van der Waals surface area contributed by atoms with E-state index in [4.69, 9.17) is 4.74 Å². The van der Waals surface area contributed by atoms with E-state index < -0.39 is 0 Å². The largest absolute Gasteiger partial charge is 0.497 e. The number of allylic oxidation sites excluding steroid dienone is 3. The molecule has 1 aliphatic rings. The molecule has 1 aromatic heterocycles. The zero-order valence-corrected chi connectivity index (χ0v) is 21.4. The smallest absolute Gasteiger partial charge is 0.262 e. The average molecular weight is 529 g/mol. The van der Waals surface area contributed by atoms with Crippen molar-refractivity contribution in [2.75, 3.05) is 13.7 Å². The fraction of sp³-hybridized carbons (Fsp3) is 0.333. The third-order valence-corrected chi connectivity index (χ3v) is 6.76. The summed E-state index contributed by atoms with van der Waals surface area (Å²) in [5.74, 6) is -0.0386. The van der Waals surface area contributed by atoms with Crippen molar-refractivity contribution in [2.24, 2.45) is 5.92 Å². The van der Waals surface area contributed by atoms with Crippen molar-refractivity contribution in [1.29, 1.82) is 0 Å². The van der Waals surface area contributed by atoms with E-state index >= 15 is 0 Å². The number of benzene rings is 1. The molecule has 1 heterocycles. The summed E-state index contributed by atoms with van der Waals surface area (Å²) in [6.45, 7) is 8.15. The van der Waals surface area contributed by atoms with Crippen LogP contribution in [0.1, 0.15) is 52.1 Å². The lowest BCUT2D eigenvalue weighted by Crippen LogP contribution is -2.33. The zero-order valence-electron chi connectivity index (χ0n) is 19.8. The Hall–Kier alpha value is -2.93. The minimum atomic E-state index is -0.191. The molecule has 3 rings (SSSR count). The van der Waals surface area contributed by atoms with Crippen molar-refractivity contribution < 1.29 is 18.7 Å². The molecule has 1 atom stereocenters. The first kappa shape index (κ1) is 25.7. The van der Waals surface area contributed by atoms with Crippen molar-refractivity contribution in [3.8, 4) is 0 Å². The molecule has 0 bridgehead atoms. The molecule has 0 saturated heterocycles. The molecule has 0 fully saturated rings. The number of rotatable bonds is 8. The Morgan fingerprint density at radius 3 is 2.62 bits per heavy atom. The van der Waals surface area contributed by atoms with Crippen LogP contribution in [0.25, 0.3) is 6.08 Å². The second-order valence-corrected chi connectivity index (χ2v) is 9.30. The topological polar surface area (TPSA) is 60.3 Å². The van der Waals surface area contributed by atoms with Crippen LogP contribution in [-0.2, 0) is 16.0 Å². The van der Waals surface area contributed by atoms with Gasteiger partial charge in [-0.1, -0.05) is 28.6 Å². The second-order valence-electron chi connectivity index (χ2n) is 8.39. The lowest BCUT2D eigenvalue weighted by atomic mass is 9.93. The highest BCUT2D eigenvalue weighted by molar-refractivity contribution is 9.10. The Bertz CT molecular complexity index is 1150. The van der Waals surface area contributed by atoms with Gasteiger partial charge in [0.1, 0.15) is 5.76 Å². The highest BCUT2D eigenvalue weighted by Crippen LogP contribution is 2.27. The van der Waals surface area contributed by atoms with Gasteiger partial charge in [0.15, 0.2) is 0 Å². The van der Waals surface area contributed by atoms with Crippen molar-refractivity contribution >= 4 is 33.8 Å². The summed E-state index contributed by atoms with van der Waals surface area (Å²) >= 11 is 3.41. The second kappa shape index (κ2) is 11.5. The fourth-order valence-corrected chi connectivity index (χ4v) is 4.46.